The first-order chi connectivity index (χ1) is 9.56. The molecule has 2 rings (SSSR count). The molecule has 0 aromatic carbocycles. The largest absolute Gasteiger partial charge is 0.369 e. The molecule has 3 nitrogen and oxygen atoms in total. The number of aryl methyl sites for hydroxylation is 2. The molecular formula is C14H17Br2N3S. The minimum absolute atomic E-state index is 0.794. The Balaban J connectivity index is 2.47. The third-order valence-electron chi connectivity index (χ3n) is 2.87. The fraction of sp³-hybridized carbons (Fsp3) is 0.429. The van der Waals surface area contributed by atoms with Gasteiger partial charge in [0.25, 0.3) is 0 Å². The van der Waals surface area contributed by atoms with E-state index in [0.717, 1.165) is 50.5 Å². The van der Waals surface area contributed by atoms with Gasteiger partial charge in [-0.15, -0.1) is 11.3 Å². The number of nitrogens with one attached hydrogen (secondary N) is 1. The number of anilines is 1. The zero-order valence-corrected chi connectivity index (χ0v) is 15.7. The average molecular weight is 419 g/mol. The van der Waals surface area contributed by atoms with Crippen molar-refractivity contribution in [3.63, 3.8) is 0 Å². The van der Waals surface area contributed by atoms with Gasteiger partial charge in [-0.05, 0) is 57.7 Å². The molecule has 0 saturated heterocycles. The van der Waals surface area contributed by atoms with Crippen LogP contribution >= 0.6 is 43.2 Å². The maximum atomic E-state index is 4.68. The fourth-order valence-electron chi connectivity index (χ4n) is 1.77. The molecule has 0 aliphatic heterocycles. The summed E-state index contributed by atoms with van der Waals surface area (Å²) in [6, 6.07) is 2.09. The topological polar surface area (TPSA) is 37.8 Å². The summed E-state index contributed by atoms with van der Waals surface area (Å²) >= 11 is 8.87. The van der Waals surface area contributed by atoms with Gasteiger partial charge in [0.05, 0.1) is 15.0 Å². The third kappa shape index (κ3) is 3.40. The van der Waals surface area contributed by atoms with E-state index in [0.29, 0.717) is 0 Å². The summed E-state index contributed by atoms with van der Waals surface area (Å²) in [6.07, 6.45) is 1.94. The highest BCUT2D eigenvalue weighted by atomic mass is 79.9. The van der Waals surface area contributed by atoms with Crippen LogP contribution in [-0.4, -0.2) is 16.5 Å². The molecular weight excluding hydrogens is 402 g/mol. The molecule has 0 bridgehead atoms. The summed E-state index contributed by atoms with van der Waals surface area (Å²) < 4.78 is 2.09. The van der Waals surface area contributed by atoms with Crippen molar-refractivity contribution in [2.75, 3.05) is 11.9 Å². The lowest BCUT2D eigenvalue weighted by atomic mass is 10.3. The highest BCUT2D eigenvalue weighted by molar-refractivity contribution is 9.11. The van der Waals surface area contributed by atoms with Gasteiger partial charge in [-0.25, -0.2) is 9.97 Å². The van der Waals surface area contributed by atoms with E-state index < -0.39 is 0 Å². The van der Waals surface area contributed by atoms with E-state index in [1.54, 1.807) is 11.3 Å². The Labute approximate surface area is 140 Å². The monoisotopic (exact) mass is 417 g/mol. The molecule has 0 spiro atoms. The summed E-state index contributed by atoms with van der Waals surface area (Å²) in [5.74, 6) is 1.68. The maximum absolute atomic E-state index is 4.68. The van der Waals surface area contributed by atoms with Crippen LogP contribution in [0.1, 0.15) is 30.8 Å². The van der Waals surface area contributed by atoms with Crippen LogP contribution in [0.15, 0.2) is 15.0 Å². The highest BCUT2D eigenvalue weighted by Gasteiger charge is 2.14. The summed E-state index contributed by atoms with van der Waals surface area (Å²) in [5.41, 5.74) is 1.04. The van der Waals surface area contributed by atoms with Gasteiger partial charge in [0.15, 0.2) is 5.82 Å². The number of halogens is 2. The molecule has 0 aliphatic rings. The quantitative estimate of drug-likeness (QED) is 0.703. The molecule has 108 valence electrons. The predicted molar refractivity (Wildman–Crippen MR) is 93.6 cm³/mol. The number of hydrogen-bond acceptors (Lipinski definition) is 4. The predicted octanol–water partition coefficient (Wildman–Crippen LogP) is 5.42. The first kappa shape index (κ1) is 15.9. The Hall–Kier alpha value is -0.460. The molecule has 0 amide bonds. The lowest BCUT2D eigenvalue weighted by Crippen LogP contribution is -2.06. The Morgan fingerprint density at radius 2 is 2.00 bits per heavy atom. The molecule has 2 heterocycles. The molecule has 2 aromatic rings. The molecule has 0 fully saturated rings. The highest BCUT2D eigenvalue weighted by Crippen LogP contribution is 2.34. The van der Waals surface area contributed by atoms with Crippen molar-refractivity contribution in [1.82, 2.24) is 9.97 Å². The summed E-state index contributed by atoms with van der Waals surface area (Å²) in [6.45, 7) is 7.25. The Morgan fingerprint density at radius 3 is 2.55 bits per heavy atom. The van der Waals surface area contributed by atoms with Gasteiger partial charge in [-0.1, -0.05) is 13.8 Å². The lowest BCUT2D eigenvalue weighted by molar-refractivity contribution is 0.945. The average Bonchev–Trinajstić information content (AvgIpc) is 2.77. The SMILES string of the molecule is CCCNc1nc(-c2cc(Br)c(C)s2)nc(CC)c1Br. The van der Waals surface area contributed by atoms with E-state index >= 15 is 0 Å². The number of hydrogen-bond donors (Lipinski definition) is 1. The first-order valence-corrected chi connectivity index (χ1v) is 9.03. The van der Waals surface area contributed by atoms with Crippen molar-refractivity contribution < 1.29 is 0 Å². The number of rotatable bonds is 5. The van der Waals surface area contributed by atoms with Crippen LogP contribution in [0.4, 0.5) is 5.82 Å². The van der Waals surface area contributed by atoms with E-state index in [2.05, 4.69) is 74.0 Å². The maximum Gasteiger partial charge on any atom is 0.171 e. The minimum Gasteiger partial charge on any atom is -0.369 e. The van der Waals surface area contributed by atoms with Crippen LogP contribution in [0.5, 0.6) is 0 Å². The molecule has 0 unspecified atom stereocenters. The Kier molecular flexibility index (Phi) is 5.57. The van der Waals surface area contributed by atoms with Crippen molar-refractivity contribution in [3.8, 4) is 10.7 Å². The number of nitrogens with zero attached hydrogens (tertiary/aromatic N) is 2. The summed E-state index contributed by atoms with van der Waals surface area (Å²) in [4.78, 5) is 11.7. The smallest absolute Gasteiger partial charge is 0.171 e. The van der Waals surface area contributed by atoms with Gasteiger partial charge in [0.2, 0.25) is 0 Å². The van der Waals surface area contributed by atoms with Gasteiger partial charge in [-0.2, -0.15) is 0 Å². The van der Waals surface area contributed by atoms with Gasteiger partial charge >= 0.3 is 0 Å². The van der Waals surface area contributed by atoms with Gasteiger partial charge in [0, 0.05) is 15.9 Å². The van der Waals surface area contributed by atoms with Crippen LogP contribution in [0.3, 0.4) is 0 Å². The Bertz CT molecular complexity index is 591. The zero-order chi connectivity index (χ0) is 14.7. The molecule has 0 saturated carbocycles. The number of aromatic nitrogens is 2. The second kappa shape index (κ2) is 7.00. The van der Waals surface area contributed by atoms with Crippen LogP contribution in [0.25, 0.3) is 10.7 Å². The molecule has 6 heteroatoms. The molecule has 2 aromatic heterocycles. The molecule has 0 atom stereocenters. The van der Waals surface area contributed by atoms with Crippen LogP contribution in [0, 0.1) is 6.92 Å². The fourth-order valence-corrected chi connectivity index (χ4v) is 3.84. The van der Waals surface area contributed by atoms with Crippen molar-refractivity contribution in [2.45, 2.75) is 33.6 Å². The van der Waals surface area contributed by atoms with E-state index in [1.807, 2.05) is 0 Å². The van der Waals surface area contributed by atoms with Crippen LogP contribution in [-0.2, 0) is 6.42 Å². The van der Waals surface area contributed by atoms with E-state index in [9.17, 15) is 0 Å². The molecule has 1 N–H and O–H groups in total. The second-order valence-corrected chi connectivity index (χ2v) is 7.36. The van der Waals surface area contributed by atoms with E-state index in [-0.39, 0.29) is 0 Å². The van der Waals surface area contributed by atoms with E-state index in [4.69, 9.17) is 0 Å². The summed E-state index contributed by atoms with van der Waals surface area (Å²) in [7, 11) is 0. The number of thiophene rings is 1. The molecule has 20 heavy (non-hydrogen) atoms. The minimum atomic E-state index is 0.794. The van der Waals surface area contributed by atoms with Crippen molar-refractivity contribution in [1.29, 1.82) is 0 Å². The standard InChI is InChI=1S/C14H17Br2N3S/c1-4-6-17-14-12(16)10(5-2)18-13(19-14)11-7-9(15)8(3)20-11/h7H,4-6H2,1-3H3,(H,17,18,19). The summed E-state index contributed by atoms with van der Waals surface area (Å²) in [5, 5.41) is 3.36. The van der Waals surface area contributed by atoms with Crippen molar-refractivity contribution >= 4 is 49.0 Å². The van der Waals surface area contributed by atoms with Gasteiger partial charge in [0.1, 0.15) is 5.82 Å². The third-order valence-corrected chi connectivity index (χ3v) is 5.84. The zero-order valence-electron chi connectivity index (χ0n) is 11.8. The van der Waals surface area contributed by atoms with Crippen molar-refractivity contribution in [3.05, 3.63) is 25.6 Å². The van der Waals surface area contributed by atoms with Gasteiger partial charge in [-0.3, -0.25) is 0 Å². The van der Waals surface area contributed by atoms with Crippen LogP contribution in [0.2, 0.25) is 0 Å². The molecule has 0 aliphatic carbocycles. The normalized spacial score (nSPS) is 10.8. The van der Waals surface area contributed by atoms with E-state index in [1.165, 1.54) is 4.88 Å². The lowest BCUT2D eigenvalue weighted by Gasteiger charge is -2.11. The van der Waals surface area contributed by atoms with Crippen LogP contribution < -0.4 is 5.32 Å². The van der Waals surface area contributed by atoms with Crippen molar-refractivity contribution in [2.24, 2.45) is 0 Å². The molecule has 0 radical (unpaired) electrons. The first-order valence-electron chi connectivity index (χ1n) is 6.63. The second-order valence-electron chi connectivity index (χ2n) is 4.45. The van der Waals surface area contributed by atoms with Gasteiger partial charge < -0.3 is 5.32 Å². The Morgan fingerprint density at radius 1 is 1.25 bits per heavy atom.